The molecule has 0 bridgehead atoms. The smallest absolute Gasteiger partial charge is 0.264 e. The molecule has 1 aromatic rings. The Morgan fingerprint density at radius 1 is 1.38 bits per heavy atom. The van der Waals surface area contributed by atoms with Crippen LogP contribution in [0.25, 0.3) is 5.57 Å². The molecule has 1 aromatic carbocycles. The minimum absolute atomic E-state index is 0.115. The van der Waals surface area contributed by atoms with Crippen LogP contribution in [0.5, 0.6) is 0 Å². The summed E-state index contributed by atoms with van der Waals surface area (Å²) in [5.74, 6) is -0.115. The second kappa shape index (κ2) is 3.07. The highest BCUT2D eigenvalue weighted by molar-refractivity contribution is 9.10. The summed E-state index contributed by atoms with van der Waals surface area (Å²) < 4.78 is 0. The van der Waals surface area contributed by atoms with Gasteiger partial charge in [0.2, 0.25) is 0 Å². The zero-order chi connectivity index (χ0) is 9.42. The molecule has 1 atom stereocenters. The second-order valence-electron chi connectivity index (χ2n) is 3.01. The fraction of sp³-hybridized carbons (Fsp3) is 0.200. The predicted molar refractivity (Wildman–Crippen MR) is 54.0 cm³/mol. The van der Waals surface area contributed by atoms with Crippen LogP contribution >= 0.6 is 15.9 Å². The van der Waals surface area contributed by atoms with Crippen molar-refractivity contribution < 1.29 is 4.79 Å². The average molecular weight is 238 g/mol. The van der Waals surface area contributed by atoms with Crippen molar-refractivity contribution in [1.29, 1.82) is 0 Å². The molecule has 3 heteroatoms. The highest BCUT2D eigenvalue weighted by Crippen LogP contribution is 2.14. The number of nitrogens with zero attached hydrogens (tertiary/aromatic N) is 1. The van der Waals surface area contributed by atoms with E-state index in [0.29, 0.717) is 0 Å². The molecule has 0 saturated heterocycles. The minimum Gasteiger partial charge on any atom is -0.271 e. The number of alkyl halides is 1. The number of carbonyl (C=O) groups is 1. The molecule has 0 fully saturated rings. The van der Waals surface area contributed by atoms with E-state index in [2.05, 4.69) is 20.9 Å². The summed E-state index contributed by atoms with van der Waals surface area (Å²) in [5.41, 5.74) is 1.04. The van der Waals surface area contributed by atoms with E-state index in [4.69, 9.17) is 0 Å². The SMILES string of the molecule is CC1=c2ccccc2=NC(=O)[C@@H]1Br. The number of fused-ring (bicyclic) bond motifs is 1. The third kappa shape index (κ3) is 1.33. The summed E-state index contributed by atoms with van der Waals surface area (Å²) in [5, 5.41) is 1.84. The van der Waals surface area contributed by atoms with Crippen LogP contribution in [0.15, 0.2) is 29.3 Å². The maximum absolute atomic E-state index is 11.3. The van der Waals surface area contributed by atoms with Gasteiger partial charge in [0.1, 0.15) is 4.83 Å². The Balaban J connectivity index is 2.89. The molecule has 0 N–H and O–H groups in total. The largest absolute Gasteiger partial charge is 0.271 e. The summed E-state index contributed by atoms with van der Waals surface area (Å²) in [7, 11) is 0. The average Bonchev–Trinajstić information content (AvgIpc) is 2.15. The standard InChI is InChI=1S/C10H8BrNO/c1-6-7-4-2-3-5-8(7)12-10(13)9(6)11/h2-5,9H,1H3/t9-/m1/s1. The van der Waals surface area contributed by atoms with Gasteiger partial charge in [0.25, 0.3) is 5.91 Å². The third-order valence-electron chi connectivity index (χ3n) is 2.16. The van der Waals surface area contributed by atoms with Gasteiger partial charge in [0, 0.05) is 5.22 Å². The van der Waals surface area contributed by atoms with Crippen LogP contribution in [0.2, 0.25) is 0 Å². The van der Waals surface area contributed by atoms with E-state index < -0.39 is 0 Å². The van der Waals surface area contributed by atoms with Crippen LogP contribution in [-0.4, -0.2) is 10.7 Å². The molecule has 13 heavy (non-hydrogen) atoms. The topological polar surface area (TPSA) is 29.4 Å². The summed E-state index contributed by atoms with van der Waals surface area (Å²) in [6, 6.07) is 7.68. The number of rotatable bonds is 0. The molecule has 0 aromatic heterocycles. The van der Waals surface area contributed by atoms with Gasteiger partial charge in [-0.25, -0.2) is 4.99 Å². The molecule has 1 heterocycles. The molecule has 1 aliphatic heterocycles. The van der Waals surface area contributed by atoms with Gasteiger partial charge in [0.15, 0.2) is 0 Å². The first-order valence-corrected chi connectivity index (χ1v) is 4.94. The van der Waals surface area contributed by atoms with E-state index in [1.54, 1.807) is 0 Å². The molecule has 0 aliphatic carbocycles. The van der Waals surface area contributed by atoms with E-state index in [1.807, 2.05) is 31.2 Å². The zero-order valence-corrected chi connectivity index (χ0v) is 8.71. The lowest BCUT2D eigenvalue weighted by molar-refractivity contribution is -0.116. The number of hydrogen-bond acceptors (Lipinski definition) is 1. The Hall–Kier alpha value is -0.960. The molecule has 0 radical (unpaired) electrons. The first-order valence-electron chi connectivity index (χ1n) is 4.02. The maximum Gasteiger partial charge on any atom is 0.264 e. The van der Waals surface area contributed by atoms with Crippen LogP contribution in [0.4, 0.5) is 0 Å². The summed E-state index contributed by atoms with van der Waals surface area (Å²) in [4.78, 5) is 15.1. The van der Waals surface area contributed by atoms with Gasteiger partial charge in [0.05, 0.1) is 5.36 Å². The zero-order valence-electron chi connectivity index (χ0n) is 7.12. The number of amides is 1. The van der Waals surface area contributed by atoms with Crippen molar-refractivity contribution in [2.75, 3.05) is 0 Å². The second-order valence-corrected chi connectivity index (χ2v) is 3.93. The van der Waals surface area contributed by atoms with Gasteiger partial charge in [-0.3, -0.25) is 4.79 Å². The first kappa shape index (κ1) is 8.63. The number of halogens is 1. The Bertz CT molecular complexity index is 478. The lowest BCUT2D eigenvalue weighted by Gasteiger charge is -2.10. The van der Waals surface area contributed by atoms with Gasteiger partial charge < -0.3 is 0 Å². The van der Waals surface area contributed by atoms with Crippen LogP contribution in [0.1, 0.15) is 6.92 Å². The van der Waals surface area contributed by atoms with E-state index in [-0.39, 0.29) is 10.7 Å². The van der Waals surface area contributed by atoms with Crippen molar-refractivity contribution in [3.05, 3.63) is 34.8 Å². The molecule has 0 saturated carbocycles. The normalized spacial score (nSPS) is 20.9. The Kier molecular flexibility index (Phi) is 2.04. The monoisotopic (exact) mass is 237 g/mol. The van der Waals surface area contributed by atoms with Crippen LogP contribution in [-0.2, 0) is 4.79 Å². The van der Waals surface area contributed by atoms with Crippen LogP contribution in [0, 0.1) is 0 Å². The molecule has 1 amide bonds. The van der Waals surface area contributed by atoms with Gasteiger partial charge in [-0.15, -0.1) is 0 Å². The van der Waals surface area contributed by atoms with Crippen molar-refractivity contribution in [2.24, 2.45) is 4.99 Å². The Morgan fingerprint density at radius 3 is 2.85 bits per heavy atom. The van der Waals surface area contributed by atoms with Crippen molar-refractivity contribution in [2.45, 2.75) is 11.8 Å². The number of carbonyl (C=O) groups excluding carboxylic acids is 1. The lowest BCUT2D eigenvalue weighted by Crippen LogP contribution is -2.36. The van der Waals surface area contributed by atoms with Crippen molar-refractivity contribution >= 4 is 27.4 Å². The quantitative estimate of drug-likeness (QED) is 0.614. The van der Waals surface area contributed by atoms with E-state index in [9.17, 15) is 4.79 Å². The van der Waals surface area contributed by atoms with E-state index in [0.717, 1.165) is 16.1 Å². The third-order valence-corrected chi connectivity index (χ3v) is 3.23. The van der Waals surface area contributed by atoms with Crippen molar-refractivity contribution in [3.63, 3.8) is 0 Å². The molecular weight excluding hydrogens is 230 g/mol. The predicted octanol–water partition coefficient (Wildman–Crippen LogP) is 0.780. The van der Waals surface area contributed by atoms with E-state index in [1.165, 1.54) is 0 Å². The Labute approximate surface area is 84.1 Å². The molecule has 0 unspecified atom stereocenters. The fourth-order valence-electron chi connectivity index (χ4n) is 1.40. The number of hydrogen-bond donors (Lipinski definition) is 0. The molecule has 0 spiro atoms. The van der Waals surface area contributed by atoms with Crippen LogP contribution < -0.4 is 10.6 Å². The maximum atomic E-state index is 11.3. The van der Waals surface area contributed by atoms with Crippen molar-refractivity contribution in [1.82, 2.24) is 0 Å². The highest BCUT2D eigenvalue weighted by Gasteiger charge is 2.19. The summed E-state index contributed by atoms with van der Waals surface area (Å²) >= 11 is 3.31. The van der Waals surface area contributed by atoms with Gasteiger partial charge >= 0.3 is 0 Å². The first-order chi connectivity index (χ1) is 6.20. The van der Waals surface area contributed by atoms with Gasteiger partial charge in [-0.05, 0) is 18.6 Å². The minimum atomic E-state index is -0.248. The molecule has 1 aliphatic rings. The van der Waals surface area contributed by atoms with Crippen LogP contribution in [0.3, 0.4) is 0 Å². The summed E-state index contributed by atoms with van der Waals surface area (Å²) in [6.45, 7) is 1.95. The molecule has 2 nitrogen and oxygen atoms in total. The summed E-state index contributed by atoms with van der Waals surface area (Å²) in [6.07, 6.45) is 0. The Morgan fingerprint density at radius 2 is 2.08 bits per heavy atom. The molecular formula is C10H8BrNO. The van der Waals surface area contributed by atoms with Gasteiger partial charge in [-0.1, -0.05) is 34.1 Å². The number of para-hydroxylation sites is 1. The molecule has 2 rings (SSSR count). The van der Waals surface area contributed by atoms with E-state index >= 15 is 0 Å². The van der Waals surface area contributed by atoms with Gasteiger partial charge in [-0.2, -0.15) is 0 Å². The van der Waals surface area contributed by atoms with Crippen molar-refractivity contribution in [3.8, 4) is 0 Å². The number of benzene rings is 1. The fourth-order valence-corrected chi connectivity index (χ4v) is 1.75. The lowest BCUT2D eigenvalue weighted by atomic mass is 10.1. The highest BCUT2D eigenvalue weighted by atomic mass is 79.9. The molecule has 66 valence electrons.